The van der Waals surface area contributed by atoms with Crippen molar-refractivity contribution in [3.63, 3.8) is 0 Å². The normalized spacial score (nSPS) is 10.8. The van der Waals surface area contributed by atoms with Gasteiger partial charge in [0.25, 0.3) is 0 Å². The first-order valence-corrected chi connectivity index (χ1v) is 8.75. The Hall–Kier alpha value is -2.39. The number of rotatable bonds is 4. The molecule has 0 saturated carbocycles. The smallest absolute Gasteiger partial charge is 0.234 e. The number of amides is 1. The van der Waals surface area contributed by atoms with E-state index in [0.29, 0.717) is 11.5 Å². The van der Waals surface area contributed by atoms with Gasteiger partial charge in [0.2, 0.25) is 10.9 Å². The van der Waals surface area contributed by atoms with Crippen LogP contribution in [0.15, 0.2) is 24.3 Å². The highest BCUT2D eigenvalue weighted by Crippen LogP contribution is 2.26. The number of aryl methyl sites for hydroxylation is 1. The minimum atomic E-state index is -0.115. The van der Waals surface area contributed by atoms with E-state index < -0.39 is 0 Å². The number of thiocarbonyl (C=S) groups is 1. The van der Waals surface area contributed by atoms with E-state index in [1.54, 1.807) is 11.4 Å². The second-order valence-corrected chi connectivity index (χ2v) is 6.37. The number of hydrogen-bond acceptors (Lipinski definition) is 6. The maximum atomic E-state index is 11.3. The molecule has 0 saturated heterocycles. The number of carbonyl (C=O) groups excluding carboxylic acids is 1. The van der Waals surface area contributed by atoms with Gasteiger partial charge in [-0.25, -0.2) is 0 Å². The topological polar surface area (TPSA) is 84.2 Å². The third kappa shape index (κ3) is 3.41. The Morgan fingerprint density at radius 3 is 2.67 bits per heavy atom. The zero-order valence-corrected chi connectivity index (χ0v) is 14.9. The van der Waals surface area contributed by atoms with E-state index in [9.17, 15) is 4.79 Å². The molecule has 0 unspecified atom stereocenters. The van der Waals surface area contributed by atoms with Crippen molar-refractivity contribution in [1.29, 1.82) is 0 Å². The van der Waals surface area contributed by atoms with Crippen LogP contribution in [0, 0.1) is 0 Å². The molecule has 0 aliphatic carbocycles. The lowest BCUT2D eigenvalue weighted by Gasteiger charge is -2.08. The lowest BCUT2D eigenvalue weighted by Crippen LogP contribution is -2.33. The Labute approximate surface area is 148 Å². The van der Waals surface area contributed by atoms with Crippen LogP contribution in [0.5, 0.6) is 0 Å². The maximum Gasteiger partial charge on any atom is 0.234 e. The van der Waals surface area contributed by atoms with E-state index in [-0.39, 0.29) is 5.91 Å². The highest BCUT2D eigenvalue weighted by molar-refractivity contribution is 7.80. The van der Waals surface area contributed by atoms with Gasteiger partial charge in [-0.15, -0.1) is 10.2 Å². The van der Waals surface area contributed by atoms with Crippen LogP contribution in [0.4, 0.5) is 5.69 Å². The van der Waals surface area contributed by atoms with E-state index in [0.717, 1.165) is 33.5 Å². The summed E-state index contributed by atoms with van der Waals surface area (Å²) in [4.78, 5) is 12.1. The van der Waals surface area contributed by atoms with E-state index in [1.165, 1.54) is 11.3 Å². The average Bonchev–Trinajstić information content (AvgIpc) is 3.15. The van der Waals surface area contributed by atoms with Gasteiger partial charge in [-0.2, -0.15) is 9.61 Å². The number of aromatic nitrogens is 4. The summed E-state index contributed by atoms with van der Waals surface area (Å²) in [7, 11) is 0. The number of carbonyl (C=O) groups is 1. The Kier molecular flexibility index (Phi) is 4.81. The zero-order valence-electron chi connectivity index (χ0n) is 13.2. The molecular weight excluding hydrogens is 344 g/mol. The molecule has 0 aliphatic heterocycles. The standard InChI is InChI=1S/C15H16N6OS2/c1-3-11-18-19-15-21(11)20-13(24-15)9-5-7-10(8-6-9)16-14(23)17-12(22)4-2/h5-8H,3-4H2,1-2H3,(H2,16,17,22,23). The predicted molar refractivity (Wildman–Crippen MR) is 98.1 cm³/mol. The number of benzene rings is 1. The van der Waals surface area contributed by atoms with Crippen molar-refractivity contribution >= 4 is 45.2 Å². The summed E-state index contributed by atoms with van der Waals surface area (Å²) in [6.07, 6.45) is 1.18. The fourth-order valence-corrected chi connectivity index (χ4v) is 3.16. The summed E-state index contributed by atoms with van der Waals surface area (Å²) in [5, 5.41) is 19.5. The molecule has 1 amide bonds. The van der Waals surface area contributed by atoms with Crippen molar-refractivity contribution < 1.29 is 4.79 Å². The molecule has 0 fully saturated rings. The molecule has 2 heterocycles. The first-order chi connectivity index (χ1) is 11.6. The van der Waals surface area contributed by atoms with Crippen LogP contribution in [0.3, 0.4) is 0 Å². The van der Waals surface area contributed by atoms with Gasteiger partial charge >= 0.3 is 0 Å². The number of fused-ring (bicyclic) bond motifs is 1. The van der Waals surface area contributed by atoms with Crippen LogP contribution in [-0.2, 0) is 11.2 Å². The van der Waals surface area contributed by atoms with Gasteiger partial charge in [-0.3, -0.25) is 4.79 Å². The Morgan fingerprint density at radius 2 is 2.00 bits per heavy atom. The van der Waals surface area contributed by atoms with Gasteiger partial charge in [-0.05, 0) is 36.5 Å². The van der Waals surface area contributed by atoms with Crippen LogP contribution in [0.2, 0.25) is 0 Å². The van der Waals surface area contributed by atoms with Gasteiger partial charge in [-0.1, -0.05) is 25.2 Å². The van der Waals surface area contributed by atoms with Crippen molar-refractivity contribution in [3.8, 4) is 10.6 Å². The van der Waals surface area contributed by atoms with Crippen molar-refractivity contribution in [3.05, 3.63) is 30.1 Å². The molecule has 0 atom stereocenters. The van der Waals surface area contributed by atoms with Crippen molar-refractivity contribution in [2.24, 2.45) is 0 Å². The van der Waals surface area contributed by atoms with Gasteiger partial charge in [0.05, 0.1) is 0 Å². The lowest BCUT2D eigenvalue weighted by atomic mass is 10.2. The molecule has 24 heavy (non-hydrogen) atoms. The molecule has 0 aliphatic rings. The van der Waals surface area contributed by atoms with Gasteiger partial charge in [0.15, 0.2) is 10.9 Å². The fraction of sp³-hybridized carbons (Fsp3) is 0.267. The first kappa shape index (κ1) is 16.5. The van der Waals surface area contributed by atoms with Crippen LogP contribution >= 0.6 is 23.6 Å². The molecular formula is C15H16N6OS2. The third-order valence-electron chi connectivity index (χ3n) is 3.34. The van der Waals surface area contributed by atoms with E-state index >= 15 is 0 Å². The average molecular weight is 360 g/mol. The summed E-state index contributed by atoms with van der Waals surface area (Å²) in [6.45, 7) is 3.80. The molecule has 1 aromatic carbocycles. The first-order valence-electron chi connectivity index (χ1n) is 7.53. The van der Waals surface area contributed by atoms with Gasteiger partial charge in [0, 0.05) is 24.1 Å². The molecule has 0 radical (unpaired) electrons. The number of hydrogen-bond donors (Lipinski definition) is 2. The summed E-state index contributed by atoms with van der Waals surface area (Å²) in [6, 6.07) is 7.68. The van der Waals surface area contributed by atoms with Crippen LogP contribution in [0.25, 0.3) is 15.5 Å². The highest BCUT2D eigenvalue weighted by Gasteiger charge is 2.11. The van der Waals surface area contributed by atoms with Gasteiger partial charge in [0.1, 0.15) is 5.01 Å². The van der Waals surface area contributed by atoms with Gasteiger partial charge < -0.3 is 10.6 Å². The molecule has 124 valence electrons. The summed E-state index contributed by atoms with van der Waals surface area (Å²) < 4.78 is 1.78. The van der Waals surface area contributed by atoms with Crippen LogP contribution in [-0.4, -0.2) is 30.8 Å². The molecule has 9 heteroatoms. The van der Waals surface area contributed by atoms with Crippen molar-refractivity contribution in [2.75, 3.05) is 5.32 Å². The third-order valence-corrected chi connectivity index (χ3v) is 4.49. The van der Waals surface area contributed by atoms with E-state index in [2.05, 4.69) is 25.9 Å². The minimum absolute atomic E-state index is 0.115. The highest BCUT2D eigenvalue weighted by atomic mass is 32.1. The monoisotopic (exact) mass is 360 g/mol. The molecule has 0 bridgehead atoms. The molecule has 0 spiro atoms. The maximum absolute atomic E-state index is 11.3. The van der Waals surface area contributed by atoms with E-state index in [1.807, 2.05) is 31.2 Å². The molecule has 3 aromatic rings. The number of nitrogens with one attached hydrogen (secondary N) is 2. The summed E-state index contributed by atoms with van der Waals surface area (Å²) >= 11 is 6.59. The lowest BCUT2D eigenvalue weighted by molar-refractivity contribution is -0.119. The zero-order chi connectivity index (χ0) is 17.1. The molecule has 2 aromatic heterocycles. The Balaban J connectivity index is 1.74. The number of nitrogens with zero attached hydrogens (tertiary/aromatic N) is 4. The molecule has 7 nitrogen and oxygen atoms in total. The van der Waals surface area contributed by atoms with Crippen LogP contribution < -0.4 is 10.6 Å². The van der Waals surface area contributed by atoms with Crippen molar-refractivity contribution in [2.45, 2.75) is 26.7 Å². The fourth-order valence-electron chi connectivity index (χ4n) is 2.07. The second kappa shape index (κ2) is 7.02. The van der Waals surface area contributed by atoms with E-state index in [4.69, 9.17) is 12.2 Å². The Morgan fingerprint density at radius 1 is 1.25 bits per heavy atom. The Bertz CT molecular complexity index is 883. The van der Waals surface area contributed by atoms with Crippen molar-refractivity contribution in [1.82, 2.24) is 25.1 Å². The molecule has 3 rings (SSSR count). The second-order valence-electron chi connectivity index (χ2n) is 5.00. The predicted octanol–water partition coefficient (Wildman–Crippen LogP) is 2.64. The SMILES string of the molecule is CCC(=O)NC(=S)Nc1ccc(-c2nn3c(CC)nnc3s2)cc1. The molecule has 2 N–H and O–H groups in total. The quantitative estimate of drug-likeness (QED) is 0.696. The summed E-state index contributed by atoms with van der Waals surface area (Å²) in [5.41, 5.74) is 1.79. The summed E-state index contributed by atoms with van der Waals surface area (Å²) in [5.74, 6) is 0.735. The number of anilines is 1. The van der Waals surface area contributed by atoms with Crippen LogP contribution in [0.1, 0.15) is 26.1 Å². The minimum Gasteiger partial charge on any atom is -0.332 e. The largest absolute Gasteiger partial charge is 0.332 e.